The van der Waals surface area contributed by atoms with E-state index in [0.29, 0.717) is 18.8 Å². The fourth-order valence-electron chi connectivity index (χ4n) is 1.55. The molecule has 0 aromatic heterocycles. The molecule has 2 rings (SSSR count). The third-order valence-corrected chi connectivity index (χ3v) is 2.24. The van der Waals surface area contributed by atoms with E-state index in [1.165, 1.54) is 29.2 Å². The first-order chi connectivity index (χ1) is 7.96. The molecule has 1 heterocycles. The third kappa shape index (κ3) is 2.80. The highest BCUT2D eigenvalue weighted by molar-refractivity contribution is 5.94. The second-order valence-electron chi connectivity index (χ2n) is 3.43. The van der Waals surface area contributed by atoms with Gasteiger partial charge in [0.25, 0.3) is 0 Å². The number of alkyl halides is 3. The maximum atomic E-state index is 11.9. The molecule has 1 N–H and O–H groups in total. The Morgan fingerprint density at radius 2 is 1.88 bits per heavy atom. The zero-order chi connectivity index (χ0) is 12.5. The van der Waals surface area contributed by atoms with Crippen molar-refractivity contribution in [3.8, 4) is 5.75 Å². The number of hydrogen-bond acceptors (Lipinski definition) is 2. The largest absolute Gasteiger partial charge is 0.573 e. The van der Waals surface area contributed by atoms with Crippen LogP contribution >= 0.6 is 0 Å². The minimum absolute atomic E-state index is 0.255. The number of urea groups is 1. The van der Waals surface area contributed by atoms with Gasteiger partial charge in [-0.1, -0.05) is 0 Å². The zero-order valence-corrected chi connectivity index (χ0v) is 8.62. The highest BCUT2D eigenvalue weighted by Gasteiger charge is 2.31. The smallest absolute Gasteiger partial charge is 0.406 e. The van der Waals surface area contributed by atoms with E-state index in [1.54, 1.807) is 0 Å². The van der Waals surface area contributed by atoms with Crippen molar-refractivity contribution in [1.29, 1.82) is 0 Å². The van der Waals surface area contributed by atoms with Gasteiger partial charge < -0.3 is 10.1 Å². The van der Waals surface area contributed by atoms with Crippen molar-refractivity contribution >= 4 is 11.7 Å². The Kier molecular flexibility index (Phi) is 2.83. The second-order valence-corrected chi connectivity index (χ2v) is 3.43. The molecule has 1 aromatic carbocycles. The Bertz CT molecular complexity index is 417. The van der Waals surface area contributed by atoms with Crippen LogP contribution in [0, 0.1) is 0 Å². The Labute approximate surface area is 95.0 Å². The Morgan fingerprint density at radius 3 is 2.35 bits per heavy atom. The van der Waals surface area contributed by atoms with Gasteiger partial charge in [0.15, 0.2) is 0 Å². The molecule has 1 saturated heterocycles. The predicted octanol–water partition coefficient (Wildman–Crippen LogP) is 2.11. The number of nitrogens with zero attached hydrogens (tertiary/aromatic N) is 1. The quantitative estimate of drug-likeness (QED) is 0.868. The molecule has 92 valence electrons. The van der Waals surface area contributed by atoms with Crippen molar-refractivity contribution in [3.63, 3.8) is 0 Å². The summed E-state index contributed by atoms with van der Waals surface area (Å²) in [7, 11) is 0. The third-order valence-electron chi connectivity index (χ3n) is 2.24. The SMILES string of the molecule is O=C1NCCN1c1ccc(OC(F)(F)F)cc1. The van der Waals surface area contributed by atoms with Crippen molar-refractivity contribution in [2.45, 2.75) is 6.36 Å². The van der Waals surface area contributed by atoms with Crippen LogP contribution in [0.1, 0.15) is 0 Å². The van der Waals surface area contributed by atoms with Gasteiger partial charge in [-0.25, -0.2) is 4.79 Å². The van der Waals surface area contributed by atoms with Crippen LogP contribution in [0.3, 0.4) is 0 Å². The summed E-state index contributed by atoms with van der Waals surface area (Å²) in [5.74, 6) is -0.305. The lowest BCUT2D eigenvalue weighted by Crippen LogP contribution is -2.27. The molecule has 0 unspecified atom stereocenters. The molecule has 17 heavy (non-hydrogen) atoms. The maximum absolute atomic E-state index is 11.9. The van der Waals surface area contributed by atoms with E-state index >= 15 is 0 Å². The van der Waals surface area contributed by atoms with Crippen molar-refractivity contribution < 1.29 is 22.7 Å². The summed E-state index contributed by atoms with van der Waals surface area (Å²) >= 11 is 0. The summed E-state index contributed by atoms with van der Waals surface area (Å²) in [5, 5.41) is 2.60. The van der Waals surface area contributed by atoms with Crippen LogP contribution < -0.4 is 15.0 Å². The van der Waals surface area contributed by atoms with Crippen molar-refractivity contribution in [2.75, 3.05) is 18.0 Å². The average molecular weight is 246 g/mol. The number of ether oxygens (including phenoxy) is 1. The molecular weight excluding hydrogens is 237 g/mol. The van der Waals surface area contributed by atoms with Crippen LogP contribution in [0.25, 0.3) is 0 Å². The number of amides is 2. The number of carbonyl (C=O) groups excluding carboxylic acids is 1. The molecule has 1 aliphatic rings. The van der Waals surface area contributed by atoms with Crippen molar-refractivity contribution in [3.05, 3.63) is 24.3 Å². The van der Waals surface area contributed by atoms with E-state index in [2.05, 4.69) is 10.1 Å². The number of nitrogens with one attached hydrogen (secondary N) is 1. The number of halogens is 3. The highest BCUT2D eigenvalue weighted by atomic mass is 19.4. The van der Waals surface area contributed by atoms with Crippen LogP contribution in [-0.4, -0.2) is 25.5 Å². The lowest BCUT2D eigenvalue weighted by molar-refractivity contribution is -0.274. The standard InChI is InChI=1S/C10H9F3N2O2/c11-10(12,13)17-8-3-1-7(2-4-8)15-6-5-14-9(15)16/h1-4H,5-6H2,(H,14,16). The first kappa shape index (κ1) is 11.6. The molecule has 4 nitrogen and oxygen atoms in total. The van der Waals surface area contributed by atoms with Crippen LogP contribution in [-0.2, 0) is 0 Å². The Hall–Kier alpha value is -1.92. The van der Waals surface area contributed by atoms with Gasteiger partial charge in [0.2, 0.25) is 0 Å². The van der Waals surface area contributed by atoms with Gasteiger partial charge in [-0.3, -0.25) is 4.90 Å². The molecule has 0 spiro atoms. The summed E-state index contributed by atoms with van der Waals surface area (Å²) in [6.45, 7) is 1.03. The van der Waals surface area contributed by atoms with E-state index < -0.39 is 6.36 Å². The van der Waals surface area contributed by atoms with Crippen molar-refractivity contribution in [2.24, 2.45) is 0 Å². The first-order valence-electron chi connectivity index (χ1n) is 4.87. The molecule has 1 aliphatic heterocycles. The molecule has 7 heteroatoms. The molecule has 1 aromatic rings. The number of anilines is 1. The maximum Gasteiger partial charge on any atom is 0.573 e. The van der Waals surface area contributed by atoms with E-state index in [0.717, 1.165) is 0 Å². The minimum atomic E-state index is -4.70. The molecule has 0 aliphatic carbocycles. The van der Waals surface area contributed by atoms with Gasteiger partial charge in [0, 0.05) is 18.8 Å². The number of benzene rings is 1. The summed E-state index contributed by atoms with van der Waals surface area (Å²) < 4.78 is 39.5. The molecule has 2 amide bonds. The highest BCUT2D eigenvalue weighted by Crippen LogP contribution is 2.25. The summed E-state index contributed by atoms with van der Waals surface area (Å²) in [5.41, 5.74) is 0.537. The normalized spacial score (nSPS) is 15.9. The van der Waals surface area contributed by atoms with E-state index in [9.17, 15) is 18.0 Å². The van der Waals surface area contributed by atoms with E-state index in [4.69, 9.17) is 0 Å². The summed E-state index contributed by atoms with van der Waals surface area (Å²) in [6, 6.07) is 4.91. The molecule has 0 saturated carbocycles. The lowest BCUT2D eigenvalue weighted by Gasteiger charge is -2.15. The van der Waals surface area contributed by atoms with E-state index in [1.807, 2.05) is 0 Å². The average Bonchev–Trinajstić information content (AvgIpc) is 2.63. The van der Waals surface area contributed by atoms with Gasteiger partial charge >= 0.3 is 12.4 Å². The number of carbonyl (C=O) groups is 1. The monoisotopic (exact) mass is 246 g/mol. The van der Waals surface area contributed by atoms with Crippen LogP contribution in [0.5, 0.6) is 5.75 Å². The van der Waals surface area contributed by atoms with Crippen LogP contribution in [0.2, 0.25) is 0 Å². The lowest BCUT2D eigenvalue weighted by atomic mass is 10.3. The van der Waals surface area contributed by atoms with Gasteiger partial charge in [0.05, 0.1) is 0 Å². The van der Waals surface area contributed by atoms with Crippen LogP contribution in [0.15, 0.2) is 24.3 Å². The molecule has 0 atom stereocenters. The predicted molar refractivity (Wildman–Crippen MR) is 53.9 cm³/mol. The van der Waals surface area contributed by atoms with Gasteiger partial charge in [-0.15, -0.1) is 13.2 Å². The molecule has 1 fully saturated rings. The molecule has 0 radical (unpaired) electrons. The van der Waals surface area contributed by atoms with Gasteiger partial charge in [-0.2, -0.15) is 0 Å². The minimum Gasteiger partial charge on any atom is -0.406 e. The number of rotatable bonds is 2. The summed E-state index contributed by atoms with van der Waals surface area (Å²) in [6.07, 6.45) is -4.70. The first-order valence-corrected chi connectivity index (χ1v) is 4.87. The van der Waals surface area contributed by atoms with Crippen molar-refractivity contribution in [1.82, 2.24) is 5.32 Å². The summed E-state index contributed by atoms with van der Waals surface area (Å²) in [4.78, 5) is 12.7. The van der Waals surface area contributed by atoms with E-state index in [-0.39, 0.29) is 11.8 Å². The second kappa shape index (κ2) is 4.15. The molecule has 0 bridgehead atoms. The van der Waals surface area contributed by atoms with Gasteiger partial charge in [-0.05, 0) is 24.3 Å². The fraction of sp³-hybridized carbons (Fsp3) is 0.300. The molecular formula is C10H9F3N2O2. The number of hydrogen-bond donors (Lipinski definition) is 1. The van der Waals surface area contributed by atoms with Gasteiger partial charge in [0.1, 0.15) is 5.75 Å². The fourth-order valence-corrected chi connectivity index (χ4v) is 1.55. The Morgan fingerprint density at radius 1 is 1.24 bits per heavy atom. The topological polar surface area (TPSA) is 41.6 Å². The zero-order valence-electron chi connectivity index (χ0n) is 8.62. The van der Waals surface area contributed by atoms with Crippen LogP contribution in [0.4, 0.5) is 23.7 Å². The Balaban J connectivity index is 2.10.